The van der Waals surface area contributed by atoms with Crippen LogP contribution in [0, 0.1) is 0 Å². The number of ether oxygens (including phenoxy) is 2. The van der Waals surface area contributed by atoms with Gasteiger partial charge in [0.1, 0.15) is 5.76 Å². The predicted octanol–water partition coefficient (Wildman–Crippen LogP) is 5.16. The second kappa shape index (κ2) is 9.84. The van der Waals surface area contributed by atoms with E-state index in [9.17, 15) is 14.7 Å². The van der Waals surface area contributed by atoms with Gasteiger partial charge in [-0.25, -0.2) is 0 Å². The molecule has 0 radical (unpaired) electrons. The second-order valence-electron chi connectivity index (χ2n) is 8.20. The molecule has 4 rings (SSSR count). The molecule has 1 aliphatic heterocycles. The lowest BCUT2D eigenvalue weighted by molar-refractivity contribution is -0.132. The minimum absolute atomic E-state index is 0.00114. The third kappa shape index (κ3) is 4.49. The number of hydrogen-bond acceptors (Lipinski definition) is 6. The summed E-state index contributed by atoms with van der Waals surface area (Å²) in [5.41, 5.74) is 2.51. The van der Waals surface area contributed by atoms with Crippen molar-refractivity contribution in [1.82, 2.24) is 0 Å². The van der Waals surface area contributed by atoms with Crippen molar-refractivity contribution in [3.63, 3.8) is 0 Å². The summed E-state index contributed by atoms with van der Waals surface area (Å²) in [7, 11) is 6.88. The number of aliphatic hydroxyl groups is 1. The van der Waals surface area contributed by atoms with Crippen LogP contribution < -0.4 is 19.3 Å². The van der Waals surface area contributed by atoms with Gasteiger partial charge in [-0.1, -0.05) is 34.1 Å². The molecule has 0 aliphatic carbocycles. The molecule has 1 N–H and O–H groups in total. The quantitative estimate of drug-likeness (QED) is 0.266. The predicted molar refractivity (Wildman–Crippen MR) is 139 cm³/mol. The SMILES string of the molecule is COc1ccc(C2/C(=C(/O)c3ccc(Br)cc3)C(=O)C(=O)N2c2ccc(N(C)C)cc2)cc1OC. The van der Waals surface area contributed by atoms with Crippen LogP contribution in [0.15, 0.2) is 76.8 Å². The van der Waals surface area contributed by atoms with Gasteiger partial charge in [0, 0.05) is 35.5 Å². The zero-order valence-electron chi connectivity index (χ0n) is 19.8. The number of benzene rings is 3. The number of methoxy groups -OCH3 is 2. The normalized spacial score (nSPS) is 16.9. The minimum atomic E-state index is -0.872. The molecule has 1 unspecified atom stereocenters. The van der Waals surface area contributed by atoms with Crippen molar-refractivity contribution in [2.24, 2.45) is 0 Å². The van der Waals surface area contributed by atoms with Crippen LogP contribution in [0.1, 0.15) is 17.2 Å². The van der Waals surface area contributed by atoms with Gasteiger partial charge in [-0.3, -0.25) is 14.5 Å². The summed E-state index contributed by atoms with van der Waals surface area (Å²) < 4.78 is 11.6. The highest BCUT2D eigenvalue weighted by molar-refractivity contribution is 9.10. The van der Waals surface area contributed by atoms with Gasteiger partial charge in [0.05, 0.1) is 25.8 Å². The van der Waals surface area contributed by atoms with Crippen LogP contribution in [0.3, 0.4) is 0 Å². The van der Waals surface area contributed by atoms with Crippen molar-refractivity contribution >= 4 is 44.8 Å². The molecule has 1 heterocycles. The first-order chi connectivity index (χ1) is 16.8. The lowest BCUT2D eigenvalue weighted by Gasteiger charge is -2.26. The molecule has 0 saturated carbocycles. The van der Waals surface area contributed by atoms with Crippen molar-refractivity contribution in [3.05, 3.63) is 87.9 Å². The zero-order valence-corrected chi connectivity index (χ0v) is 21.4. The molecular weight excluding hydrogens is 512 g/mol. The fourth-order valence-electron chi connectivity index (χ4n) is 4.11. The summed E-state index contributed by atoms with van der Waals surface area (Å²) in [5.74, 6) is -0.774. The lowest BCUT2D eigenvalue weighted by atomic mass is 9.94. The number of nitrogens with zero attached hydrogens (tertiary/aromatic N) is 2. The maximum Gasteiger partial charge on any atom is 0.300 e. The number of carbonyl (C=O) groups is 2. The number of halogens is 1. The molecule has 3 aromatic carbocycles. The van der Waals surface area contributed by atoms with E-state index in [0.29, 0.717) is 28.3 Å². The highest BCUT2D eigenvalue weighted by Gasteiger charge is 2.47. The Labute approximate surface area is 212 Å². The van der Waals surface area contributed by atoms with Gasteiger partial charge < -0.3 is 19.5 Å². The molecule has 1 saturated heterocycles. The summed E-state index contributed by atoms with van der Waals surface area (Å²) >= 11 is 3.38. The average Bonchev–Trinajstić information content (AvgIpc) is 3.13. The van der Waals surface area contributed by atoms with Crippen LogP contribution in [0.2, 0.25) is 0 Å². The van der Waals surface area contributed by atoms with E-state index in [1.807, 2.05) is 31.1 Å². The standard InChI is InChI=1S/C27H25BrN2O5/c1-29(2)19-10-12-20(13-11-19)30-24(17-7-14-21(34-3)22(15-17)35-4)23(26(32)27(30)33)25(31)16-5-8-18(28)9-6-16/h5-15,24,31H,1-4H3/b25-23-. The maximum atomic E-state index is 13.3. The fourth-order valence-corrected chi connectivity index (χ4v) is 4.38. The van der Waals surface area contributed by atoms with Gasteiger partial charge >= 0.3 is 0 Å². The Bertz CT molecular complexity index is 1300. The highest BCUT2D eigenvalue weighted by atomic mass is 79.9. The van der Waals surface area contributed by atoms with Crippen molar-refractivity contribution < 1.29 is 24.2 Å². The van der Waals surface area contributed by atoms with Gasteiger partial charge in [0.15, 0.2) is 11.5 Å². The highest BCUT2D eigenvalue weighted by Crippen LogP contribution is 2.44. The van der Waals surface area contributed by atoms with Crippen molar-refractivity contribution in [2.75, 3.05) is 38.1 Å². The van der Waals surface area contributed by atoms with Crippen LogP contribution in [0.25, 0.3) is 5.76 Å². The Balaban J connectivity index is 1.93. The number of amides is 1. The lowest BCUT2D eigenvalue weighted by Crippen LogP contribution is -2.29. The monoisotopic (exact) mass is 536 g/mol. The van der Waals surface area contributed by atoms with Crippen LogP contribution in [0.5, 0.6) is 11.5 Å². The fraction of sp³-hybridized carbons (Fsp3) is 0.185. The van der Waals surface area contributed by atoms with Crippen molar-refractivity contribution in [2.45, 2.75) is 6.04 Å². The number of ketones is 1. The number of rotatable bonds is 6. The van der Waals surface area contributed by atoms with Gasteiger partial charge in [-0.05, 0) is 54.1 Å². The van der Waals surface area contributed by atoms with E-state index in [4.69, 9.17) is 9.47 Å². The average molecular weight is 537 g/mol. The van der Waals surface area contributed by atoms with Crippen molar-refractivity contribution in [3.8, 4) is 11.5 Å². The summed E-state index contributed by atoms with van der Waals surface area (Å²) in [4.78, 5) is 30.0. The smallest absolute Gasteiger partial charge is 0.300 e. The molecule has 1 amide bonds. The molecule has 0 bridgehead atoms. The van der Waals surface area contributed by atoms with Crippen LogP contribution in [0.4, 0.5) is 11.4 Å². The third-order valence-electron chi connectivity index (χ3n) is 5.93. The Morgan fingerprint density at radius 3 is 2.11 bits per heavy atom. The van der Waals surface area contributed by atoms with E-state index in [1.165, 1.54) is 19.1 Å². The summed E-state index contributed by atoms with van der Waals surface area (Å²) in [6.07, 6.45) is 0. The van der Waals surface area contributed by atoms with E-state index < -0.39 is 17.7 Å². The second-order valence-corrected chi connectivity index (χ2v) is 9.12. The van der Waals surface area contributed by atoms with E-state index >= 15 is 0 Å². The van der Waals surface area contributed by atoms with Gasteiger partial charge in [0.2, 0.25) is 0 Å². The molecule has 1 fully saturated rings. The number of anilines is 2. The Kier molecular flexibility index (Phi) is 6.84. The van der Waals surface area contributed by atoms with E-state index in [0.717, 1.165) is 10.2 Å². The molecule has 0 aromatic heterocycles. The Morgan fingerprint density at radius 2 is 1.54 bits per heavy atom. The molecule has 7 nitrogen and oxygen atoms in total. The first kappa shape index (κ1) is 24.3. The molecule has 35 heavy (non-hydrogen) atoms. The van der Waals surface area contributed by atoms with Gasteiger partial charge in [-0.15, -0.1) is 0 Å². The molecule has 1 aliphatic rings. The third-order valence-corrected chi connectivity index (χ3v) is 6.46. The minimum Gasteiger partial charge on any atom is -0.507 e. The molecule has 1 atom stereocenters. The summed E-state index contributed by atoms with van der Waals surface area (Å²) in [6, 6.07) is 18.5. The first-order valence-corrected chi connectivity index (χ1v) is 11.6. The van der Waals surface area contributed by atoms with Gasteiger partial charge in [-0.2, -0.15) is 0 Å². The van der Waals surface area contributed by atoms with Gasteiger partial charge in [0.25, 0.3) is 11.7 Å². The summed E-state index contributed by atoms with van der Waals surface area (Å²) in [6.45, 7) is 0. The number of aliphatic hydroxyl groups excluding tert-OH is 1. The Morgan fingerprint density at radius 1 is 0.914 bits per heavy atom. The molecule has 180 valence electrons. The largest absolute Gasteiger partial charge is 0.507 e. The topological polar surface area (TPSA) is 79.3 Å². The van der Waals surface area contributed by atoms with Crippen molar-refractivity contribution in [1.29, 1.82) is 0 Å². The number of Topliss-reactive ketones (excluding diaryl/α,β-unsaturated/α-hetero) is 1. The Hall–Kier alpha value is -3.78. The van der Waals surface area contributed by atoms with Crippen LogP contribution in [-0.2, 0) is 9.59 Å². The van der Waals surface area contributed by atoms with E-state index in [1.54, 1.807) is 54.6 Å². The molecular formula is C27H25BrN2O5. The van der Waals surface area contributed by atoms with E-state index in [2.05, 4.69) is 15.9 Å². The van der Waals surface area contributed by atoms with Crippen LogP contribution in [-0.4, -0.2) is 45.1 Å². The zero-order chi connectivity index (χ0) is 25.3. The molecule has 0 spiro atoms. The number of carbonyl (C=O) groups excluding carboxylic acids is 2. The molecule has 8 heteroatoms. The molecule has 3 aromatic rings. The van der Waals surface area contributed by atoms with Crippen LogP contribution >= 0.6 is 15.9 Å². The maximum absolute atomic E-state index is 13.3. The number of hydrogen-bond donors (Lipinski definition) is 1. The summed E-state index contributed by atoms with van der Waals surface area (Å²) in [5, 5.41) is 11.2. The van der Waals surface area contributed by atoms with E-state index in [-0.39, 0.29) is 11.3 Å². The first-order valence-electron chi connectivity index (χ1n) is 10.8.